The third kappa shape index (κ3) is 3.09. The van der Waals surface area contributed by atoms with Gasteiger partial charge in [0.15, 0.2) is 0 Å². The number of fused-ring (bicyclic) bond motifs is 1. The van der Waals surface area contributed by atoms with Gasteiger partial charge < -0.3 is 15.0 Å². The minimum atomic E-state index is -0.266. The van der Waals surface area contributed by atoms with Crippen LogP contribution in [0, 0.1) is 0 Å². The molecule has 1 atom stereocenters. The van der Waals surface area contributed by atoms with E-state index in [1.54, 1.807) is 11.1 Å². The maximum atomic E-state index is 11.7. The Bertz CT molecular complexity index is 692. The van der Waals surface area contributed by atoms with Crippen molar-refractivity contribution in [1.29, 1.82) is 0 Å². The molecular weight excluding hydrogens is 302 g/mol. The standard InChI is InChI=1S/C16H18ClN3O2/c1-22-16(21)20-8-2-3-12(10-20)19-14-6-7-18-15-9-11(17)4-5-13(14)15/h4-7,9,12H,2-3,8,10H2,1H3,(H,18,19). The van der Waals surface area contributed by atoms with Crippen molar-refractivity contribution in [3.8, 4) is 0 Å². The number of nitrogens with zero attached hydrogens (tertiary/aromatic N) is 2. The lowest BCUT2D eigenvalue weighted by molar-refractivity contribution is 0.113. The van der Waals surface area contributed by atoms with Crippen LogP contribution in [0.2, 0.25) is 5.02 Å². The van der Waals surface area contributed by atoms with E-state index in [1.807, 2.05) is 24.3 Å². The minimum absolute atomic E-state index is 0.203. The smallest absolute Gasteiger partial charge is 0.409 e. The summed E-state index contributed by atoms with van der Waals surface area (Å²) in [7, 11) is 1.42. The van der Waals surface area contributed by atoms with Gasteiger partial charge in [-0.15, -0.1) is 0 Å². The SMILES string of the molecule is COC(=O)N1CCCC(Nc2ccnc3cc(Cl)ccc23)C1. The minimum Gasteiger partial charge on any atom is -0.453 e. The van der Waals surface area contributed by atoms with Crippen molar-refractivity contribution in [1.82, 2.24) is 9.88 Å². The lowest BCUT2D eigenvalue weighted by atomic mass is 10.1. The van der Waals surface area contributed by atoms with Gasteiger partial charge in [-0.1, -0.05) is 11.6 Å². The Labute approximate surface area is 134 Å². The number of amides is 1. The van der Waals surface area contributed by atoms with Gasteiger partial charge >= 0.3 is 6.09 Å². The van der Waals surface area contributed by atoms with E-state index in [0.717, 1.165) is 36.0 Å². The van der Waals surface area contributed by atoms with E-state index in [4.69, 9.17) is 16.3 Å². The van der Waals surface area contributed by atoms with Gasteiger partial charge in [-0.05, 0) is 37.1 Å². The Hall–Kier alpha value is -2.01. The van der Waals surface area contributed by atoms with Gasteiger partial charge in [-0.25, -0.2) is 4.79 Å². The molecule has 0 spiro atoms. The second-order valence-electron chi connectivity index (χ2n) is 5.42. The van der Waals surface area contributed by atoms with Gasteiger partial charge in [-0.3, -0.25) is 4.98 Å². The molecule has 1 fully saturated rings. The average molecular weight is 320 g/mol. The number of halogens is 1. The van der Waals surface area contributed by atoms with Crippen LogP contribution in [0.1, 0.15) is 12.8 Å². The summed E-state index contributed by atoms with van der Waals surface area (Å²) in [5.74, 6) is 0. The van der Waals surface area contributed by atoms with Gasteiger partial charge in [0, 0.05) is 41.4 Å². The van der Waals surface area contributed by atoms with Crippen molar-refractivity contribution in [3.05, 3.63) is 35.5 Å². The fourth-order valence-corrected chi connectivity index (χ4v) is 3.02. The first-order valence-corrected chi connectivity index (χ1v) is 7.69. The molecule has 2 heterocycles. The first-order valence-electron chi connectivity index (χ1n) is 7.31. The second kappa shape index (κ2) is 6.40. The fraction of sp³-hybridized carbons (Fsp3) is 0.375. The van der Waals surface area contributed by atoms with Crippen molar-refractivity contribution in [2.75, 3.05) is 25.5 Å². The Morgan fingerprint density at radius 2 is 2.32 bits per heavy atom. The molecule has 1 aromatic heterocycles. The summed E-state index contributed by atoms with van der Waals surface area (Å²) in [6.45, 7) is 1.39. The first-order chi connectivity index (χ1) is 10.7. The number of methoxy groups -OCH3 is 1. The number of anilines is 1. The zero-order valence-electron chi connectivity index (χ0n) is 12.4. The number of piperidine rings is 1. The molecule has 1 aromatic carbocycles. The Balaban J connectivity index is 1.79. The summed E-state index contributed by atoms with van der Waals surface area (Å²) in [4.78, 5) is 17.7. The third-order valence-corrected chi connectivity index (χ3v) is 4.15. The number of pyridine rings is 1. The molecule has 0 radical (unpaired) electrons. The lowest BCUT2D eigenvalue weighted by Gasteiger charge is -2.32. The summed E-state index contributed by atoms with van der Waals surface area (Å²) in [6, 6.07) is 7.83. The molecule has 22 heavy (non-hydrogen) atoms. The molecule has 1 N–H and O–H groups in total. The van der Waals surface area contributed by atoms with Crippen LogP contribution in [0.5, 0.6) is 0 Å². The predicted octanol–water partition coefficient (Wildman–Crippen LogP) is 3.53. The summed E-state index contributed by atoms with van der Waals surface area (Å²) >= 11 is 6.01. The van der Waals surface area contributed by atoms with Crippen molar-refractivity contribution in [2.45, 2.75) is 18.9 Å². The van der Waals surface area contributed by atoms with Crippen molar-refractivity contribution in [2.24, 2.45) is 0 Å². The molecule has 1 unspecified atom stereocenters. The molecule has 0 aliphatic carbocycles. The first kappa shape index (κ1) is 14.9. The molecule has 1 aliphatic heterocycles. The highest BCUT2D eigenvalue weighted by molar-refractivity contribution is 6.31. The number of hydrogen-bond donors (Lipinski definition) is 1. The molecule has 1 amide bonds. The van der Waals surface area contributed by atoms with Crippen molar-refractivity contribution in [3.63, 3.8) is 0 Å². The largest absolute Gasteiger partial charge is 0.453 e. The summed E-state index contributed by atoms with van der Waals surface area (Å²) in [5.41, 5.74) is 1.87. The summed E-state index contributed by atoms with van der Waals surface area (Å²) in [5, 5.41) is 5.22. The molecule has 0 bridgehead atoms. The van der Waals surface area contributed by atoms with Crippen LogP contribution < -0.4 is 5.32 Å². The topological polar surface area (TPSA) is 54.5 Å². The Morgan fingerprint density at radius 1 is 1.45 bits per heavy atom. The van der Waals surface area contributed by atoms with Crippen LogP contribution in [0.25, 0.3) is 10.9 Å². The van der Waals surface area contributed by atoms with Gasteiger partial charge in [0.25, 0.3) is 0 Å². The molecule has 1 saturated heterocycles. The number of benzene rings is 1. The maximum Gasteiger partial charge on any atom is 0.409 e. The highest BCUT2D eigenvalue weighted by Gasteiger charge is 2.24. The number of hydrogen-bond acceptors (Lipinski definition) is 4. The molecular formula is C16H18ClN3O2. The quantitative estimate of drug-likeness (QED) is 0.920. The van der Waals surface area contributed by atoms with Crippen LogP contribution in [0.3, 0.4) is 0 Å². The normalized spacial score (nSPS) is 18.3. The number of likely N-dealkylation sites (tertiary alicyclic amines) is 1. The maximum absolute atomic E-state index is 11.7. The molecule has 3 rings (SSSR count). The molecule has 1 aliphatic rings. The zero-order valence-corrected chi connectivity index (χ0v) is 13.1. The van der Waals surface area contributed by atoms with Gasteiger partial charge in [0.1, 0.15) is 0 Å². The number of carbonyl (C=O) groups is 1. The van der Waals surface area contributed by atoms with E-state index in [9.17, 15) is 4.79 Å². The van der Waals surface area contributed by atoms with Gasteiger partial charge in [0.2, 0.25) is 0 Å². The number of rotatable bonds is 2. The zero-order chi connectivity index (χ0) is 15.5. The van der Waals surface area contributed by atoms with E-state index >= 15 is 0 Å². The van der Waals surface area contributed by atoms with Gasteiger partial charge in [0.05, 0.1) is 12.6 Å². The van der Waals surface area contributed by atoms with E-state index < -0.39 is 0 Å². The van der Waals surface area contributed by atoms with E-state index in [1.165, 1.54) is 7.11 Å². The van der Waals surface area contributed by atoms with Crippen LogP contribution in [0.4, 0.5) is 10.5 Å². The highest BCUT2D eigenvalue weighted by Crippen LogP contribution is 2.26. The van der Waals surface area contributed by atoms with Crippen LogP contribution >= 0.6 is 11.6 Å². The second-order valence-corrected chi connectivity index (χ2v) is 5.86. The van der Waals surface area contributed by atoms with E-state index in [-0.39, 0.29) is 12.1 Å². The van der Waals surface area contributed by atoms with Crippen molar-refractivity contribution >= 4 is 34.3 Å². The Kier molecular flexibility index (Phi) is 4.34. The summed E-state index contributed by atoms with van der Waals surface area (Å²) in [6.07, 6.45) is 3.48. The molecule has 5 nitrogen and oxygen atoms in total. The number of carbonyl (C=O) groups excluding carboxylic acids is 1. The van der Waals surface area contributed by atoms with Gasteiger partial charge in [-0.2, -0.15) is 0 Å². The predicted molar refractivity (Wildman–Crippen MR) is 87.4 cm³/mol. The fourth-order valence-electron chi connectivity index (χ4n) is 2.86. The number of nitrogens with one attached hydrogen (secondary N) is 1. The van der Waals surface area contributed by atoms with E-state index in [0.29, 0.717) is 11.6 Å². The summed E-state index contributed by atoms with van der Waals surface area (Å²) < 4.78 is 4.81. The monoisotopic (exact) mass is 319 g/mol. The molecule has 2 aromatic rings. The molecule has 0 saturated carbocycles. The average Bonchev–Trinajstić information content (AvgIpc) is 2.54. The van der Waals surface area contributed by atoms with Crippen LogP contribution in [-0.4, -0.2) is 42.2 Å². The van der Waals surface area contributed by atoms with Crippen molar-refractivity contribution < 1.29 is 9.53 Å². The Morgan fingerprint density at radius 3 is 3.14 bits per heavy atom. The lowest BCUT2D eigenvalue weighted by Crippen LogP contribution is -2.45. The third-order valence-electron chi connectivity index (χ3n) is 3.92. The highest BCUT2D eigenvalue weighted by atomic mass is 35.5. The van der Waals surface area contributed by atoms with Crippen LogP contribution in [0.15, 0.2) is 30.5 Å². The number of ether oxygens (including phenoxy) is 1. The van der Waals surface area contributed by atoms with Crippen LogP contribution in [-0.2, 0) is 4.74 Å². The molecule has 116 valence electrons. The number of aromatic nitrogens is 1. The van der Waals surface area contributed by atoms with E-state index in [2.05, 4.69) is 10.3 Å². The molecule has 6 heteroatoms.